The fraction of sp³-hybridized carbons (Fsp3) is 0.444. The minimum atomic E-state index is 0.485. The summed E-state index contributed by atoms with van der Waals surface area (Å²) in [5, 5.41) is 3.29. The maximum Gasteiger partial charge on any atom is 0.126 e. The molecular weight excluding hydrogens is 216 g/mol. The van der Waals surface area contributed by atoms with Gasteiger partial charge in [0.25, 0.3) is 0 Å². The highest BCUT2D eigenvalue weighted by Gasteiger charge is 1.98. The van der Waals surface area contributed by atoms with Crippen LogP contribution in [0.2, 0.25) is 0 Å². The van der Waals surface area contributed by atoms with Crippen molar-refractivity contribution in [3.63, 3.8) is 0 Å². The number of rotatable bonds is 3. The second-order valence-electron chi connectivity index (χ2n) is 2.82. The van der Waals surface area contributed by atoms with E-state index < -0.39 is 0 Å². The van der Waals surface area contributed by atoms with E-state index in [9.17, 15) is 0 Å². The van der Waals surface area contributed by atoms with E-state index in [1.54, 1.807) is 6.20 Å². The van der Waals surface area contributed by atoms with Crippen molar-refractivity contribution in [2.75, 3.05) is 5.32 Å². The first-order valence-electron chi connectivity index (χ1n) is 4.10. The molecule has 0 aliphatic carbocycles. The average Bonchev–Trinajstić information content (AvgIpc) is 2.09. The summed E-state index contributed by atoms with van der Waals surface area (Å²) in [6.45, 7) is 4.29. The van der Waals surface area contributed by atoms with Gasteiger partial charge < -0.3 is 5.32 Å². The Bertz CT molecular complexity index is 233. The molecule has 1 rings (SSSR count). The van der Waals surface area contributed by atoms with Crippen LogP contribution in [-0.2, 0) is 0 Å². The average molecular weight is 229 g/mol. The van der Waals surface area contributed by atoms with E-state index >= 15 is 0 Å². The van der Waals surface area contributed by atoms with Crippen LogP contribution in [0.4, 0.5) is 5.82 Å². The van der Waals surface area contributed by atoms with Gasteiger partial charge in [-0.15, -0.1) is 0 Å². The maximum atomic E-state index is 4.21. The zero-order valence-corrected chi connectivity index (χ0v) is 8.93. The van der Waals surface area contributed by atoms with Gasteiger partial charge in [-0.1, -0.05) is 6.92 Å². The van der Waals surface area contributed by atoms with Crippen LogP contribution in [0, 0.1) is 0 Å². The Morgan fingerprint density at radius 2 is 2.33 bits per heavy atom. The van der Waals surface area contributed by atoms with Crippen molar-refractivity contribution < 1.29 is 0 Å². The van der Waals surface area contributed by atoms with Crippen molar-refractivity contribution in [2.45, 2.75) is 26.3 Å². The summed E-state index contributed by atoms with van der Waals surface area (Å²) in [6, 6.07) is 4.44. The molecular formula is C9H13BrN2. The van der Waals surface area contributed by atoms with Crippen LogP contribution in [-0.4, -0.2) is 11.0 Å². The minimum Gasteiger partial charge on any atom is -0.368 e. The Kier molecular flexibility index (Phi) is 3.53. The standard InChI is InChI=1S/C9H13BrN2/c1-3-7(2)12-9-5-4-8(10)6-11-9/h4-7H,3H2,1-2H3,(H,11,12)/t7-/m1/s1. The van der Waals surface area contributed by atoms with E-state index in [4.69, 9.17) is 0 Å². The molecule has 1 aromatic rings. The van der Waals surface area contributed by atoms with Crippen LogP contribution >= 0.6 is 15.9 Å². The van der Waals surface area contributed by atoms with Crippen molar-refractivity contribution in [3.8, 4) is 0 Å². The van der Waals surface area contributed by atoms with Crippen molar-refractivity contribution in [2.24, 2.45) is 0 Å². The van der Waals surface area contributed by atoms with Crippen LogP contribution in [0.1, 0.15) is 20.3 Å². The summed E-state index contributed by atoms with van der Waals surface area (Å²) < 4.78 is 1.01. The molecule has 1 atom stereocenters. The van der Waals surface area contributed by atoms with Crippen molar-refractivity contribution >= 4 is 21.7 Å². The number of halogens is 1. The highest BCUT2D eigenvalue weighted by molar-refractivity contribution is 9.10. The Hall–Kier alpha value is -0.570. The molecule has 2 nitrogen and oxygen atoms in total. The number of hydrogen-bond acceptors (Lipinski definition) is 2. The number of nitrogens with one attached hydrogen (secondary N) is 1. The lowest BCUT2D eigenvalue weighted by atomic mass is 10.2. The van der Waals surface area contributed by atoms with Gasteiger partial charge in [-0.3, -0.25) is 0 Å². The highest BCUT2D eigenvalue weighted by atomic mass is 79.9. The molecule has 3 heteroatoms. The molecule has 0 unspecified atom stereocenters. The summed E-state index contributed by atoms with van der Waals surface area (Å²) in [5.41, 5.74) is 0. The van der Waals surface area contributed by atoms with E-state index in [0.29, 0.717) is 6.04 Å². The zero-order valence-electron chi connectivity index (χ0n) is 7.34. The first-order chi connectivity index (χ1) is 5.72. The third-order valence-corrected chi connectivity index (χ3v) is 2.20. The molecule has 0 fully saturated rings. The van der Waals surface area contributed by atoms with E-state index in [0.717, 1.165) is 16.7 Å². The van der Waals surface area contributed by atoms with Gasteiger partial charge in [-0.25, -0.2) is 4.98 Å². The van der Waals surface area contributed by atoms with Crippen LogP contribution in [0.3, 0.4) is 0 Å². The fourth-order valence-corrected chi connectivity index (χ4v) is 1.05. The predicted molar refractivity (Wildman–Crippen MR) is 55.3 cm³/mol. The van der Waals surface area contributed by atoms with Crippen LogP contribution in [0.15, 0.2) is 22.8 Å². The summed E-state index contributed by atoms with van der Waals surface area (Å²) >= 11 is 3.34. The molecule has 0 saturated carbocycles. The predicted octanol–water partition coefficient (Wildman–Crippen LogP) is 3.05. The molecule has 1 heterocycles. The summed E-state index contributed by atoms with van der Waals surface area (Å²) in [6.07, 6.45) is 2.91. The fourth-order valence-electron chi connectivity index (χ4n) is 0.816. The minimum absolute atomic E-state index is 0.485. The molecule has 0 aliphatic rings. The largest absolute Gasteiger partial charge is 0.368 e. The van der Waals surface area contributed by atoms with Crippen LogP contribution in [0.5, 0.6) is 0 Å². The summed E-state index contributed by atoms with van der Waals surface area (Å²) in [7, 11) is 0. The molecule has 0 bridgehead atoms. The van der Waals surface area contributed by atoms with E-state index in [1.807, 2.05) is 12.1 Å². The second-order valence-corrected chi connectivity index (χ2v) is 3.73. The highest BCUT2D eigenvalue weighted by Crippen LogP contribution is 2.11. The Morgan fingerprint density at radius 3 is 2.83 bits per heavy atom. The summed E-state index contributed by atoms with van der Waals surface area (Å²) in [5.74, 6) is 0.938. The first-order valence-corrected chi connectivity index (χ1v) is 4.89. The number of nitrogens with zero attached hydrogens (tertiary/aromatic N) is 1. The van der Waals surface area contributed by atoms with Gasteiger partial charge in [-0.2, -0.15) is 0 Å². The van der Waals surface area contributed by atoms with Gasteiger partial charge in [-0.05, 0) is 41.4 Å². The Balaban J connectivity index is 2.58. The van der Waals surface area contributed by atoms with Crippen molar-refractivity contribution in [1.29, 1.82) is 0 Å². The SMILES string of the molecule is CC[C@@H](C)Nc1ccc(Br)cn1. The summed E-state index contributed by atoms with van der Waals surface area (Å²) in [4.78, 5) is 4.21. The molecule has 1 N–H and O–H groups in total. The van der Waals surface area contributed by atoms with E-state index in [-0.39, 0.29) is 0 Å². The monoisotopic (exact) mass is 228 g/mol. The molecule has 0 amide bonds. The second kappa shape index (κ2) is 4.45. The van der Waals surface area contributed by atoms with Crippen LogP contribution < -0.4 is 5.32 Å². The molecule has 0 radical (unpaired) electrons. The molecule has 1 aromatic heterocycles. The number of pyridine rings is 1. The molecule has 66 valence electrons. The maximum absolute atomic E-state index is 4.21. The molecule has 0 aliphatic heterocycles. The van der Waals surface area contributed by atoms with Crippen molar-refractivity contribution in [1.82, 2.24) is 4.98 Å². The van der Waals surface area contributed by atoms with Crippen LogP contribution in [0.25, 0.3) is 0 Å². The van der Waals surface area contributed by atoms with Gasteiger partial charge in [0.05, 0.1) is 0 Å². The van der Waals surface area contributed by atoms with Gasteiger partial charge in [0, 0.05) is 16.7 Å². The molecule has 0 aromatic carbocycles. The normalized spacial score (nSPS) is 12.6. The van der Waals surface area contributed by atoms with Gasteiger partial charge in [0.15, 0.2) is 0 Å². The Morgan fingerprint density at radius 1 is 1.58 bits per heavy atom. The molecule has 0 spiro atoms. The van der Waals surface area contributed by atoms with Crippen molar-refractivity contribution in [3.05, 3.63) is 22.8 Å². The van der Waals surface area contributed by atoms with Gasteiger partial charge in [0.1, 0.15) is 5.82 Å². The third kappa shape index (κ3) is 2.81. The van der Waals surface area contributed by atoms with Gasteiger partial charge >= 0.3 is 0 Å². The van der Waals surface area contributed by atoms with Gasteiger partial charge in [0.2, 0.25) is 0 Å². The lowest BCUT2D eigenvalue weighted by molar-refractivity contribution is 0.759. The number of hydrogen-bond donors (Lipinski definition) is 1. The lowest BCUT2D eigenvalue weighted by Gasteiger charge is -2.11. The molecule has 12 heavy (non-hydrogen) atoms. The quantitative estimate of drug-likeness (QED) is 0.861. The number of anilines is 1. The molecule has 0 saturated heterocycles. The smallest absolute Gasteiger partial charge is 0.126 e. The topological polar surface area (TPSA) is 24.9 Å². The third-order valence-electron chi connectivity index (χ3n) is 1.73. The lowest BCUT2D eigenvalue weighted by Crippen LogP contribution is -2.14. The Labute approximate surface area is 81.5 Å². The van der Waals surface area contributed by atoms with E-state index in [2.05, 4.69) is 40.1 Å². The first kappa shape index (κ1) is 9.52. The number of aromatic nitrogens is 1. The van der Waals surface area contributed by atoms with E-state index in [1.165, 1.54) is 0 Å². The zero-order chi connectivity index (χ0) is 8.97.